The van der Waals surface area contributed by atoms with E-state index in [0.717, 1.165) is 0 Å². The maximum Gasteiger partial charge on any atom is 0.471 e. The fraction of sp³-hybridized carbons (Fsp3) is 0.833. The first-order chi connectivity index (χ1) is 8.43. The van der Waals surface area contributed by atoms with Crippen molar-refractivity contribution in [2.24, 2.45) is 17.3 Å². The molecule has 7 heteroatoms. The minimum absolute atomic E-state index is 0.0500. The summed E-state index contributed by atoms with van der Waals surface area (Å²) in [6, 6.07) is 0. The number of nitrogens with zero attached hydrogens (tertiary/aromatic N) is 1. The molecule has 0 aliphatic carbocycles. The van der Waals surface area contributed by atoms with Gasteiger partial charge >= 0.3 is 18.1 Å². The van der Waals surface area contributed by atoms with Gasteiger partial charge < -0.3 is 10.0 Å². The van der Waals surface area contributed by atoms with E-state index in [1.54, 1.807) is 0 Å². The number of piperidine rings is 1. The molecule has 1 rings (SSSR count). The Balaban J connectivity index is 2.94. The van der Waals surface area contributed by atoms with Gasteiger partial charge in [0.25, 0.3) is 0 Å². The highest BCUT2D eigenvalue weighted by Gasteiger charge is 2.47. The van der Waals surface area contributed by atoms with E-state index in [4.69, 9.17) is 5.11 Å². The number of amides is 1. The van der Waals surface area contributed by atoms with Crippen LogP contribution >= 0.6 is 0 Å². The Bertz CT molecular complexity index is 373. The van der Waals surface area contributed by atoms with E-state index in [0.29, 0.717) is 11.3 Å². The van der Waals surface area contributed by atoms with Gasteiger partial charge in [-0.3, -0.25) is 9.59 Å². The van der Waals surface area contributed by atoms with Crippen LogP contribution in [-0.4, -0.2) is 41.1 Å². The number of hydrogen-bond donors (Lipinski definition) is 1. The molecule has 19 heavy (non-hydrogen) atoms. The van der Waals surface area contributed by atoms with Crippen LogP contribution in [0, 0.1) is 17.3 Å². The Labute approximate surface area is 109 Å². The van der Waals surface area contributed by atoms with Gasteiger partial charge in [-0.25, -0.2) is 0 Å². The molecule has 0 bridgehead atoms. The Morgan fingerprint density at radius 1 is 1.16 bits per heavy atom. The molecule has 1 aliphatic rings. The van der Waals surface area contributed by atoms with E-state index < -0.39 is 24.0 Å². The van der Waals surface area contributed by atoms with E-state index in [2.05, 4.69) is 0 Å². The van der Waals surface area contributed by atoms with Crippen molar-refractivity contribution in [2.75, 3.05) is 13.1 Å². The monoisotopic (exact) mass is 281 g/mol. The number of carboxylic acid groups (broad SMARTS) is 1. The van der Waals surface area contributed by atoms with Gasteiger partial charge in [0, 0.05) is 13.1 Å². The molecule has 1 aliphatic heterocycles. The van der Waals surface area contributed by atoms with Crippen LogP contribution in [0.4, 0.5) is 13.2 Å². The number of hydrogen-bond acceptors (Lipinski definition) is 2. The lowest BCUT2D eigenvalue weighted by atomic mass is 9.73. The van der Waals surface area contributed by atoms with Crippen LogP contribution in [0.25, 0.3) is 0 Å². The van der Waals surface area contributed by atoms with E-state index >= 15 is 0 Å². The molecule has 0 saturated carbocycles. The highest BCUT2D eigenvalue weighted by Crippen LogP contribution is 2.36. The first-order valence-electron chi connectivity index (χ1n) is 6.02. The summed E-state index contributed by atoms with van der Waals surface area (Å²) in [5.41, 5.74) is -0.349. The summed E-state index contributed by atoms with van der Waals surface area (Å²) < 4.78 is 37.3. The summed E-state index contributed by atoms with van der Waals surface area (Å²) in [6.45, 7) is 5.07. The van der Waals surface area contributed by atoms with Gasteiger partial charge in [-0.15, -0.1) is 0 Å². The van der Waals surface area contributed by atoms with Crippen molar-refractivity contribution in [2.45, 2.75) is 33.4 Å². The molecule has 2 atom stereocenters. The lowest BCUT2D eigenvalue weighted by Gasteiger charge is -2.42. The topological polar surface area (TPSA) is 57.6 Å². The van der Waals surface area contributed by atoms with Crippen LogP contribution in [0.15, 0.2) is 0 Å². The van der Waals surface area contributed by atoms with Crippen LogP contribution in [0.3, 0.4) is 0 Å². The van der Waals surface area contributed by atoms with Crippen molar-refractivity contribution in [3.8, 4) is 0 Å². The summed E-state index contributed by atoms with van der Waals surface area (Å²) in [5, 5.41) is 9.00. The maximum absolute atomic E-state index is 12.4. The molecule has 1 N–H and O–H groups in total. The third-order valence-corrected chi connectivity index (χ3v) is 3.55. The van der Waals surface area contributed by atoms with Gasteiger partial charge in [0.2, 0.25) is 0 Å². The van der Waals surface area contributed by atoms with Crippen molar-refractivity contribution in [1.29, 1.82) is 0 Å². The highest BCUT2D eigenvalue weighted by molar-refractivity contribution is 5.82. The summed E-state index contributed by atoms with van der Waals surface area (Å²) in [4.78, 5) is 22.9. The molecule has 110 valence electrons. The molecule has 0 radical (unpaired) electrons. The number of likely N-dealkylation sites (tertiary alicyclic amines) is 1. The number of carboxylic acids is 1. The summed E-state index contributed by atoms with van der Waals surface area (Å²) in [5.74, 6) is -4.32. The van der Waals surface area contributed by atoms with Crippen LogP contribution < -0.4 is 0 Å². The fourth-order valence-electron chi connectivity index (χ4n) is 2.25. The maximum atomic E-state index is 12.4. The third-order valence-electron chi connectivity index (χ3n) is 3.55. The normalized spacial score (nSPS) is 25.3. The minimum Gasteiger partial charge on any atom is -0.481 e. The zero-order chi connectivity index (χ0) is 15.0. The molecule has 0 aromatic rings. The predicted molar refractivity (Wildman–Crippen MR) is 61.3 cm³/mol. The van der Waals surface area contributed by atoms with Crippen molar-refractivity contribution in [1.82, 2.24) is 4.90 Å². The first-order valence-corrected chi connectivity index (χ1v) is 6.02. The van der Waals surface area contributed by atoms with Crippen LogP contribution in [-0.2, 0) is 9.59 Å². The summed E-state index contributed by atoms with van der Waals surface area (Å²) in [6.07, 6.45) is -4.66. The van der Waals surface area contributed by atoms with Crippen molar-refractivity contribution in [3.63, 3.8) is 0 Å². The zero-order valence-electron chi connectivity index (χ0n) is 11.1. The van der Waals surface area contributed by atoms with E-state index in [-0.39, 0.29) is 24.4 Å². The predicted octanol–water partition coefficient (Wildman–Crippen LogP) is 2.14. The number of aliphatic carboxylic acids is 1. The van der Waals surface area contributed by atoms with Crippen molar-refractivity contribution in [3.05, 3.63) is 0 Å². The first kappa shape index (κ1) is 15.8. The molecule has 0 unspecified atom stereocenters. The van der Waals surface area contributed by atoms with Crippen LogP contribution in [0.2, 0.25) is 0 Å². The quantitative estimate of drug-likeness (QED) is 0.801. The van der Waals surface area contributed by atoms with E-state index in [1.165, 1.54) is 0 Å². The van der Waals surface area contributed by atoms with Crippen LogP contribution in [0.1, 0.15) is 27.2 Å². The van der Waals surface area contributed by atoms with Crippen molar-refractivity contribution < 1.29 is 27.9 Å². The molecular weight excluding hydrogens is 263 g/mol. The fourth-order valence-corrected chi connectivity index (χ4v) is 2.25. The molecule has 1 heterocycles. The number of halogens is 3. The molecule has 0 aromatic carbocycles. The number of carbonyl (C=O) groups is 2. The second kappa shape index (κ2) is 5.02. The second-order valence-corrected chi connectivity index (χ2v) is 6.04. The SMILES string of the molecule is CC(C)(C)[C@@H]1C[C@H](C(=O)O)CN(C(=O)C(F)(F)F)C1. The highest BCUT2D eigenvalue weighted by atomic mass is 19.4. The second-order valence-electron chi connectivity index (χ2n) is 6.04. The van der Waals surface area contributed by atoms with Crippen molar-refractivity contribution >= 4 is 11.9 Å². The van der Waals surface area contributed by atoms with Gasteiger partial charge in [-0.05, 0) is 17.8 Å². The summed E-state index contributed by atoms with van der Waals surface area (Å²) in [7, 11) is 0. The summed E-state index contributed by atoms with van der Waals surface area (Å²) >= 11 is 0. The van der Waals surface area contributed by atoms with Gasteiger partial charge in [-0.1, -0.05) is 20.8 Å². The van der Waals surface area contributed by atoms with E-state index in [9.17, 15) is 22.8 Å². The lowest BCUT2D eigenvalue weighted by Crippen LogP contribution is -2.52. The van der Waals surface area contributed by atoms with Gasteiger partial charge in [0.1, 0.15) is 0 Å². The molecule has 4 nitrogen and oxygen atoms in total. The molecule has 0 aromatic heterocycles. The number of carbonyl (C=O) groups excluding carboxylic acids is 1. The average molecular weight is 281 g/mol. The standard InChI is InChI=1S/C12H18F3NO3/c1-11(2,3)8-4-7(9(17)18)5-16(6-8)10(19)12(13,14)15/h7-8H,4-6H2,1-3H3,(H,17,18)/t7-,8+/m0/s1. The van der Waals surface area contributed by atoms with Gasteiger partial charge in [-0.2, -0.15) is 13.2 Å². The van der Waals surface area contributed by atoms with E-state index in [1.807, 2.05) is 20.8 Å². The minimum atomic E-state index is -4.96. The largest absolute Gasteiger partial charge is 0.481 e. The molecule has 1 fully saturated rings. The third kappa shape index (κ3) is 3.84. The van der Waals surface area contributed by atoms with Gasteiger partial charge in [0.05, 0.1) is 5.92 Å². The average Bonchev–Trinajstić information content (AvgIpc) is 2.24. The number of alkyl halides is 3. The Morgan fingerprint density at radius 2 is 1.68 bits per heavy atom. The lowest BCUT2D eigenvalue weighted by molar-refractivity contribution is -0.189. The zero-order valence-corrected chi connectivity index (χ0v) is 11.1. The Morgan fingerprint density at radius 3 is 2.05 bits per heavy atom. The Kier molecular flexibility index (Phi) is 4.17. The van der Waals surface area contributed by atoms with Crippen LogP contribution in [0.5, 0.6) is 0 Å². The molecular formula is C12H18F3NO3. The smallest absolute Gasteiger partial charge is 0.471 e. The molecule has 0 spiro atoms. The molecule has 1 saturated heterocycles. The number of rotatable bonds is 1. The van der Waals surface area contributed by atoms with Gasteiger partial charge in [0.15, 0.2) is 0 Å². The Hall–Kier alpha value is -1.27. The molecule has 1 amide bonds.